The lowest BCUT2D eigenvalue weighted by Crippen LogP contribution is -2.37. The minimum Gasteiger partial charge on any atom is -0.497 e. The van der Waals surface area contributed by atoms with Crippen LogP contribution in [0.4, 0.5) is 11.5 Å². The summed E-state index contributed by atoms with van der Waals surface area (Å²) in [6, 6.07) is 15.2. The number of carbonyl (C=O) groups excluding carboxylic acids is 1. The van der Waals surface area contributed by atoms with Crippen LogP contribution >= 0.6 is 0 Å². The van der Waals surface area contributed by atoms with Crippen molar-refractivity contribution >= 4 is 22.9 Å². The van der Waals surface area contributed by atoms with Gasteiger partial charge in [-0.15, -0.1) is 0 Å². The van der Waals surface area contributed by atoms with Gasteiger partial charge in [-0.05, 0) is 55.0 Å². The zero-order valence-corrected chi connectivity index (χ0v) is 19.1. The van der Waals surface area contributed by atoms with Crippen molar-refractivity contribution in [3.8, 4) is 5.75 Å². The number of anilines is 2. The van der Waals surface area contributed by atoms with Crippen molar-refractivity contribution < 1.29 is 14.3 Å². The fraction of sp³-hybridized carbons (Fsp3) is 0.269. The fourth-order valence-electron chi connectivity index (χ4n) is 4.31. The van der Waals surface area contributed by atoms with Crippen molar-refractivity contribution in [3.63, 3.8) is 0 Å². The van der Waals surface area contributed by atoms with E-state index in [0.29, 0.717) is 37.7 Å². The molecular weight excluding hydrogens is 430 g/mol. The third kappa shape index (κ3) is 4.72. The molecule has 174 valence electrons. The van der Waals surface area contributed by atoms with Crippen LogP contribution in [0, 0.1) is 5.92 Å². The highest BCUT2D eigenvalue weighted by Crippen LogP contribution is 2.24. The lowest BCUT2D eigenvalue weighted by molar-refractivity contribution is 0.0738. The van der Waals surface area contributed by atoms with Crippen molar-refractivity contribution in [2.75, 3.05) is 38.7 Å². The number of nitrogens with zero attached hydrogens (tertiary/aromatic N) is 4. The minimum absolute atomic E-state index is 0.0616. The third-order valence-corrected chi connectivity index (χ3v) is 6.03. The molecule has 4 aromatic rings. The number of fused-ring (bicyclic) bond motifs is 1. The molecule has 5 rings (SSSR count). The fourth-order valence-corrected chi connectivity index (χ4v) is 4.31. The third-order valence-electron chi connectivity index (χ3n) is 6.03. The second-order valence-electron chi connectivity index (χ2n) is 8.32. The summed E-state index contributed by atoms with van der Waals surface area (Å²) in [4.78, 5) is 24.5. The molecule has 1 atom stereocenters. The van der Waals surface area contributed by atoms with Gasteiger partial charge in [-0.3, -0.25) is 9.78 Å². The predicted octanol–water partition coefficient (Wildman–Crippen LogP) is 3.81. The SMILES string of the molecule is COc1ccc(Nc2ncccc2C(=O)N2CCOC[C@H](Cc3nccn4cccc34)C2)cc1. The van der Waals surface area contributed by atoms with E-state index in [1.807, 2.05) is 59.9 Å². The minimum atomic E-state index is -0.0616. The Labute approximate surface area is 198 Å². The number of hydrogen-bond donors (Lipinski definition) is 1. The zero-order chi connectivity index (χ0) is 23.3. The van der Waals surface area contributed by atoms with Gasteiger partial charge in [-0.2, -0.15) is 0 Å². The number of methoxy groups -OCH3 is 1. The van der Waals surface area contributed by atoms with Gasteiger partial charge in [0, 0.05) is 49.5 Å². The molecule has 1 N–H and O–H groups in total. The number of hydrogen-bond acceptors (Lipinski definition) is 6. The standard InChI is InChI=1S/C26H27N5O3/c1-33-21-8-6-20(7-9-21)29-25-22(4-2-10-28-25)26(32)31-14-15-34-18-19(17-31)16-23-24-5-3-12-30(24)13-11-27-23/h2-13,19H,14-18H2,1H3,(H,28,29)/t19-/m1/s1. The van der Waals surface area contributed by atoms with E-state index in [1.54, 1.807) is 19.4 Å². The van der Waals surface area contributed by atoms with Crippen LogP contribution in [-0.2, 0) is 11.2 Å². The number of benzene rings is 1. The van der Waals surface area contributed by atoms with E-state index in [4.69, 9.17) is 9.47 Å². The van der Waals surface area contributed by atoms with Crippen LogP contribution in [0.2, 0.25) is 0 Å². The molecule has 1 aliphatic rings. The number of amides is 1. The second-order valence-corrected chi connectivity index (χ2v) is 8.32. The Morgan fingerprint density at radius 1 is 1.12 bits per heavy atom. The second kappa shape index (κ2) is 9.93. The van der Waals surface area contributed by atoms with E-state index >= 15 is 0 Å². The molecule has 0 spiro atoms. The average Bonchev–Trinajstić information content (AvgIpc) is 3.24. The molecule has 1 fully saturated rings. The van der Waals surface area contributed by atoms with Gasteiger partial charge >= 0.3 is 0 Å². The Bertz CT molecular complexity index is 1270. The molecule has 1 aromatic carbocycles. The average molecular weight is 458 g/mol. The monoisotopic (exact) mass is 457 g/mol. The molecule has 0 saturated carbocycles. The lowest BCUT2D eigenvalue weighted by atomic mass is 10.0. The number of rotatable bonds is 6. The van der Waals surface area contributed by atoms with Crippen LogP contribution in [0.15, 0.2) is 73.3 Å². The summed E-state index contributed by atoms with van der Waals surface area (Å²) < 4.78 is 13.2. The molecule has 8 heteroatoms. The van der Waals surface area contributed by atoms with Crippen LogP contribution in [0.1, 0.15) is 16.1 Å². The first-order valence-electron chi connectivity index (χ1n) is 11.3. The van der Waals surface area contributed by atoms with Gasteiger partial charge in [0.25, 0.3) is 5.91 Å². The van der Waals surface area contributed by atoms with Crippen molar-refractivity contribution in [3.05, 3.63) is 84.6 Å². The van der Waals surface area contributed by atoms with Gasteiger partial charge in [0.1, 0.15) is 11.6 Å². The van der Waals surface area contributed by atoms with Crippen molar-refractivity contribution in [2.24, 2.45) is 5.92 Å². The maximum Gasteiger partial charge on any atom is 0.257 e. The van der Waals surface area contributed by atoms with Crippen LogP contribution in [0.25, 0.3) is 5.52 Å². The Morgan fingerprint density at radius 3 is 2.85 bits per heavy atom. The Balaban J connectivity index is 1.34. The number of carbonyl (C=O) groups is 1. The summed E-state index contributed by atoms with van der Waals surface area (Å²) in [5.74, 6) is 1.38. The van der Waals surface area contributed by atoms with Crippen LogP contribution in [0.3, 0.4) is 0 Å². The normalized spacial score (nSPS) is 16.3. The van der Waals surface area contributed by atoms with Crippen LogP contribution in [-0.4, -0.2) is 58.6 Å². The topological polar surface area (TPSA) is 81.0 Å². The highest BCUT2D eigenvalue weighted by molar-refractivity contribution is 5.99. The van der Waals surface area contributed by atoms with Gasteiger partial charge < -0.3 is 24.1 Å². The number of nitrogens with one attached hydrogen (secondary N) is 1. The van der Waals surface area contributed by atoms with E-state index in [0.717, 1.165) is 29.1 Å². The largest absolute Gasteiger partial charge is 0.497 e. The summed E-state index contributed by atoms with van der Waals surface area (Å²) >= 11 is 0. The summed E-state index contributed by atoms with van der Waals surface area (Å²) in [7, 11) is 1.63. The van der Waals surface area contributed by atoms with Crippen LogP contribution < -0.4 is 10.1 Å². The first kappa shape index (κ1) is 21.9. The Kier molecular flexibility index (Phi) is 6.40. The summed E-state index contributed by atoms with van der Waals surface area (Å²) in [6.45, 7) is 2.23. The molecule has 4 heterocycles. The van der Waals surface area contributed by atoms with E-state index < -0.39 is 0 Å². The molecule has 0 bridgehead atoms. The molecule has 0 unspecified atom stereocenters. The van der Waals surface area contributed by atoms with E-state index in [2.05, 4.69) is 25.8 Å². The Morgan fingerprint density at radius 2 is 2.00 bits per heavy atom. The molecule has 0 radical (unpaired) electrons. The van der Waals surface area contributed by atoms with Gasteiger partial charge in [-0.25, -0.2) is 4.98 Å². The van der Waals surface area contributed by atoms with Gasteiger partial charge in [0.05, 0.1) is 37.1 Å². The molecule has 34 heavy (non-hydrogen) atoms. The van der Waals surface area contributed by atoms with E-state index in [1.165, 1.54) is 0 Å². The summed E-state index contributed by atoms with van der Waals surface area (Å²) in [6.07, 6.45) is 8.19. The van der Waals surface area contributed by atoms with E-state index in [9.17, 15) is 4.79 Å². The van der Waals surface area contributed by atoms with Gasteiger partial charge in [0.15, 0.2) is 0 Å². The molecule has 1 saturated heterocycles. The maximum atomic E-state index is 13.6. The predicted molar refractivity (Wildman–Crippen MR) is 130 cm³/mol. The molecule has 8 nitrogen and oxygen atoms in total. The molecular formula is C26H27N5O3. The summed E-state index contributed by atoms with van der Waals surface area (Å²) in [5.41, 5.74) is 3.46. The molecule has 3 aromatic heterocycles. The first-order valence-corrected chi connectivity index (χ1v) is 11.3. The maximum absolute atomic E-state index is 13.6. The lowest BCUT2D eigenvalue weighted by Gasteiger charge is -2.24. The van der Waals surface area contributed by atoms with Gasteiger partial charge in [0.2, 0.25) is 0 Å². The highest BCUT2D eigenvalue weighted by Gasteiger charge is 2.26. The van der Waals surface area contributed by atoms with Crippen molar-refractivity contribution in [2.45, 2.75) is 6.42 Å². The van der Waals surface area contributed by atoms with Crippen molar-refractivity contribution in [1.82, 2.24) is 19.3 Å². The Hall–Kier alpha value is -3.91. The highest BCUT2D eigenvalue weighted by atomic mass is 16.5. The number of ether oxygens (including phenoxy) is 2. The smallest absolute Gasteiger partial charge is 0.257 e. The van der Waals surface area contributed by atoms with E-state index in [-0.39, 0.29) is 11.8 Å². The van der Waals surface area contributed by atoms with Crippen molar-refractivity contribution in [1.29, 1.82) is 0 Å². The number of pyridine rings is 1. The quantitative estimate of drug-likeness (QED) is 0.474. The number of aromatic nitrogens is 3. The molecule has 0 aliphatic carbocycles. The molecule has 1 aliphatic heterocycles. The zero-order valence-electron chi connectivity index (χ0n) is 19.1. The first-order chi connectivity index (χ1) is 16.7. The summed E-state index contributed by atoms with van der Waals surface area (Å²) in [5, 5.41) is 3.27. The molecule has 1 amide bonds. The van der Waals surface area contributed by atoms with Gasteiger partial charge in [-0.1, -0.05) is 0 Å². The van der Waals surface area contributed by atoms with Crippen LogP contribution in [0.5, 0.6) is 5.75 Å².